The first kappa shape index (κ1) is 13.3. The molecule has 0 aliphatic heterocycles. The summed E-state index contributed by atoms with van der Waals surface area (Å²) in [5.41, 5.74) is 2.88. The molecule has 2 nitrogen and oxygen atoms in total. The lowest BCUT2D eigenvalue weighted by atomic mass is 10.2. The van der Waals surface area contributed by atoms with E-state index in [-0.39, 0.29) is 0 Å². The van der Waals surface area contributed by atoms with Crippen molar-refractivity contribution in [3.8, 4) is 5.69 Å². The van der Waals surface area contributed by atoms with Crippen LogP contribution in [0.5, 0.6) is 0 Å². The molecule has 0 atom stereocenters. The Labute approximate surface area is 118 Å². The van der Waals surface area contributed by atoms with Gasteiger partial charge in [-0.05, 0) is 48.0 Å². The third-order valence-corrected chi connectivity index (χ3v) is 3.70. The normalized spacial score (nSPS) is 10.7. The Morgan fingerprint density at radius 3 is 2.50 bits per heavy atom. The lowest BCUT2D eigenvalue weighted by Gasteiger charge is -2.13. The zero-order valence-corrected chi connectivity index (χ0v) is 12.1. The highest BCUT2D eigenvalue weighted by atomic mass is 79.9. The largest absolute Gasteiger partial charge is 0.315 e. The van der Waals surface area contributed by atoms with Crippen LogP contribution in [0.4, 0.5) is 4.39 Å². The van der Waals surface area contributed by atoms with E-state index in [1.807, 2.05) is 18.4 Å². The topological polar surface area (TPSA) is 22.0 Å². The predicted octanol–water partition coefficient (Wildman–Crippen LogP) is 4.46. The summed E-state index contributed by atoms with van der Waals surface area (Å²) in [6.45, 7) is 3.69. The molecule has 5 heteroatoms. The number of carbonyl (C=O) groups is 1. The van der Waals surface area contributed by atoms with Gasteiger partial charge in [-0.1, -0.05) is 11.6 Å². The molecule has 0 spiro atoms. The second-order valence-corrected chi connectivity index (χ2v) is 5.26. The van der Waals surface area contributed by atoms with Gasteiger partial charge < -0.3 is 4.57 Å². The first-order valence-corrected chi connectivity index (χ1v) is 6.42. The molecule has 0 saturated heterocycles. The standard InChI is InChI=1S/C13H10BrClFNO/c1-7-3-9(6-18)8(2)17(7)13-11(14)4-10(16)5-12(13)15/h3-6H,1-2H3. The summed E-state index contributed by atoms with van der Waals surface area (Å²) in [7, 11) is 0. The van der Waals surface area contributed by atoms with Crippen LogP contribution in [-0.2, 0) is 0 Å². The molecule has 0 fully saturated rings. The van der Waals surface area contributed by atoms with E-state index in [2.05, 4.69) is 15.9 Å². The van der Waals surface area contributed by atoms with Gasteiger partial charge in [-0.2, -0.15) is 0 Å². The van der Waals surface area contributed by atoms with Gasteiger partial charge in [0.2, 0.25) is 0 Å². The van der Waals surface area contributed by atoms with Crippen LogP contribution in [0.25, 0.3) is 5.69 Å². The minimum Gasteiger partial charge on any atom is -0.315 e. The van der Waals surface area contributed by atoms with Crippen molar-refractivity contribution in [1.82, 2.24) is 4.57 Å². The van der Waals surface area contributed by atoms with Crippen molar-refractivity contribution in [3.05, 3.63) is 50.5 Å². The maximum absolute atomic E-state index is 13.2. The van der Waals surface area contributed by atoms with Crippen molar-refractivity contribution >= 4 is 33.8 Å². The zero-order chi connectivity index (χ0) is 13.4. The van der Waals surface area contributed by atoms with E-state index in [0.29, 0.717) is 20.7 Å². The summed E-state index contributed by atoms with van der Waals surface area (Å²) in [5.74, 6) is -0.409. The molecule has 0 N–H and O–H groups in total. The van der Waals surface area contributed by atoms with E-state index >= 15 is 0 Å². The highest BCUT2D eigenvalue weighted by Crippen LogP contribution is 2.33. The highest BCUT2D eigenvalue weighted by Gasteiger charge is 2.16. The van der Waals surface area contributed by atoms with Crippen LogP contribution in [-0.4, -0.2) is 10.9 Å². The summed E-state index contributed by atoms with van der Waals surface area (Å²) >= 11 is 9.39. The SMILES string of the molecule is Cc1cc(C=O)c(C)n1-c1c(Cl)cc(F)cc1Br. The molecule has 1 aromatic carbocycles. The monoisotopic (exact) mass is 329 g/mol. The fourth-order valence-electron chi connectivity index (χ4n) is 2.00. The van der Waals surface area contributed by atoms with Crippen molar-refractivity contribution in [2.45, 2.75) is 13.8 Å². The number of hydrogen-bond donors (Lipinski definition) is 0. The van der Waals surface area contributed by atoms with Crippen molar-refractivity contribution in [1.29, 1.82) is 0 Å². The Hall–Kier alpha value is -1.13. The average molecular weight is 331 g/mol. The third-order valence-electron chi connectivity index (χ3n) is 2.80. The van der Waals surface area contributed by atoms with Gasteiger partial charge in [0.05, 0.1) is 10.7 Å². The molecule has 0 bridgehead atoms. The lowest BCUT2D eigenvalue weighted by Crippen LogP contribution is -2.02. The van der Waals surface area contributed by atoms with Gasteiger partial charge in [0.25, 0.3) is 0 Å². The number of rotatable bonds is 2. The smallest absolute Gasteiger partial charge is 0.151 e. The molecule has 0 aliphatic carbocycles. The molecule has 0 aliphatic rings. The number of benzene rings is 1. The minimum atomic E-state index is -0.409. The van der Waals surface area contributed by atoms with Gasteiger partial charge in [-0.3, -0.25) is 4.79 Å². The third kappa shape index (κ3) is 2.10. The number of aromatic nitrogens is 1. The molecular formula is C13H10BrClFNO. The maximum atomic E-state index is 13.2. The van der Waals surface area contributed by atoms with E-state index in [1.54, 1.807) is 6.07 Å². The summed E-state index contributed by atoms with van der Waals surface area (Å²) in [5, 5.41) is 0.293. The summed E-state index contributed by atoms with van der Waals surface area (Å²) < 4.78 is 15.6. The Morgan fingerprint density at radius 2 is 2.00 bits per heavy atom. The molecule has 94 valence electrons. The Kier molecular flexibility index (Phi) is 3.59. The maximum Gasteiger partial charge on any atom is 0.151 e. The van der Waals surface area contributed by atoms with E-state index < -0.39 is 5.82 Å². The van der Waals surface area contributed by atoms with Gasteiger partial charge >= 0.3 is 0 Å². The Balaban J connectivity index is 2.77. The predicted molar refractivity (Wildman–Crippen MR) is 73.3 cm³/mol. The van der Waals surface area contributed by atoms with Gasteiger partial charge in [0, 0.05) is 21.4 Å². The van der Waals surface area contributed by atoms with Crippen molar-refractivity contribution in [3.63, 3.8) is 0 Å². The number of aldehydes is 1. The van der Waals surface area contributed by atoms with E-state index in [9.17, 15) is 9.18 Å². The Bertz CT molecular complexity index is 613. The number of aryl methyl sites for hydroxylation is 1. The van der Waals surface area contributed by atoms with Crippen LogP contribution < -0.4 is 0 Å². The van der Waals surface area contributed by atoms with E-state index in [4.69, 9.17) is 11.6 Å². The van der Waals surface area contributed by atoms with E-state index in [0.717, 1.165) is 17.7 Å². The second-order valence-electron chi connectivity index (χ2n) is 4.00. The second kappa shape index (κ2) is 4.86. The highest BCUT2D eigenvalue weighted by molar-refractivity contribution is 9.10. The number of carbonyl (C=O) groups excluding carboxylic acids is 1. The molecule has 2 aromatic rings. The molecule has 2 rings (SSSR count). The number of nitrogens with zero attached hydrogens (tertiary/aromatic N) is 1. The Morgan fingerprint density at radius 1 is 1.33 bits per heavy atom. The lowest BCUT2D eigenvalue weighted by molar-refractivity contribution is 0.112. The molecule has 0 saturated carbocycles. The molecule has 0 amide bonds. The van der Waals surface area contributed by atoms with E-state index in [1.165, 1.54) is 12.1 Å². The number of halogens is 3. The molecule has 1 aromatic heterocycles. The van der Waals surface area contributed by atoms with Crippen molar-refractivity contribution in [2.24, 2.45) is 0 Å². The van der Waals surface area contributed by atoms with Crippen LogP contribution in [0, 0.1) is 19.7 Å². The summed E-state index contributed by atoms with van der Waals surface area (Å²) in [6, 6.07) is 4.37. The van der Waals surface area contributed by atoms with Gasteiger partial charge in [-0.15, -0.1) is 0 Å². The van der Waals surface area contributed by atoms with Crippen LogP contribution in [0.1, 0.15) is 21.7 Å². The van der Waals surface area contributed by atoms with Crippen molar-refractivity contribution in [2.75, 3.05) is 0 Å². The molecular weight excluding hydrogens is 321 g/mol. The van der Waals surface area contributed by atoms with Crippen LogP contribution in [0.2, 0.25) is 5.02 Å². The molecule has 0 unspecified atom stereocenters. The fraction of sp³-hybridized carbons (Fsp3) is 0.154. The van der Waals surface area contributed by atoms with Gasteiger partial charge in [0.15, 0.2) is 6.29 Å². The molecule has 1 heterocycles. The van der Waals surface area contributed by atoms with Crippen LogP contribution >= 0.6 is 27.5 Å². The van der Waals surface area contributed by atoms with Gasteiger partial charge in [0.1, 0.15) is 5.82 Å². The molecule has 0 radical (unpaired) electrons. The zero-order valence-electron chi connectivity index (χ0n) is 9.80. The van der Waals surface area contributed by atoms with Crippen LogP contribution in [0.3, 0.4) is 0 Å². The first-order valence-electron chi connectivity index (χ1n) is 5.24. The first-order chi connectivity index (χ1) is 8.45. The van der Waals surface area contributed by atoms with Gasteiger partial charge in [-0.25, -0.2) is 4.39 Å². The van der Waals surface area contributed by atoms with Crippen molar-refractivity contribution < 1.29 is 9.18 Å². The van der Waals surface area contributed by atoms with Crippen LogP contribution in [0.15, 0.2) is 22.7 Å². The summed E-state index contributed by atoms with van der Waals surface area (Å²) in [6.07, 6.45) is 0.796. The summed E-state index contributed by atoms with van der Waals surface area (Å²) in [4.78, 5) is 10.9. The quantitative estimate of drug-likeness (QED) is 0.745. The minimum absolute atomic E-state index is 0.293. The molecule has 18 heavy (non-hydrogen) atoms. The average Bonchev–Trinajstić information content (AvgIpc) is 2.55. The number of hydrogen-bond acceptors (Lipinski definition) is 1. The fourth-order valence-corrected chi connectivity index (χ4v) is 3.01.